The molecule has 0 N–H and O–H groups in total. The maximum Gasteiger partial charge on any atom is -0.0334 e. The molecule has 0 heteroatoms. The Hall–Kier alpha value is 0. The van der Waals surface area contributed by atoms with E-state index in [-0.39, 0.29) is 0 Å². The van der Waals surface area contributed by atoms with Gasteiger partial charge in [0.1, 0.15) is 0 Å². The van der Waals surface area contributed by atoms with Crippen LogP contribution in [0.15, 0.2) is 0 Å². The van der Waals surface area contributed by atoms with Crippen LogP contribution in [0.1, 0.15) is 99.3 Å². The first-order valence-electron chi connectivity index (χ1n) is 9.36. The second-order valence-electron chi connectivity index (χ2n) is 8.81. The Morgan fingerprint density at radius 3 is 2.20 bits per heavy atom. The van der Waals surface area contributed by atoms with Crippen molar-refractivity contribution in [2.75, 3.05) is 0 Å². The third-order valence-electron chi connectivity index (χ3n) is 5.49. The van der Waals surface area contributed by atoms with Crippen LogP contribution < -0.4 is 0 Å². The molecule has 0 saturated heterocycles. The molecule has 1 fully saturated rings. The zero-order valence-electron chi connectivity index (χ0n) is 15.2. The fourth-order valence-corrected chi connectivity index (χ4v) is 4.55. The van der Waals surface area contributed by atoms with Gasteiger partial charge in [0.2, 0.25) is 0 Å². The number of hydrogen-bond acceptors (Lipinski definition) is 0. The first kappa shape index (κ1) is 18.1. The fourth-order valence-electron chi connectivity index (χ4n) is 4.55. The van der Waals surface area contributed by atoms with Gasteiger partial charge in [-0.25, -0.2) is 0 Å². The van der Waals surface area contributed by atoms with E-state index in [9.17, 15) is 0 Å². The van der Waals surface area contributed by atoms with Crippen molar-refractivity contribution >= 4 is 0 Å². The van der Waals surface area contributed by atoms with Crippen molar-refractivity contribution < 1.29 is 0 Å². The van der Waals surface area contributed by atoms with Crippen molar-refractivity contribution in [1.82, 2.24) is 0 Å². The molecule has 0 aliphatic heterocycles. The van der Waals surface area contributed by atoms with Crippen molar-refractivity contribution in [1.29, 1.82) is 0 Å². The molecular formula is C20H40. The summed E-state index contributed by atoms with van der Waals surface area (Å²) in [5.41, 5.74) is 0.496. The van der Waals surface area contributed by atoms with E-state index in [0.717, 1.165) is 23.7 Å². The molecule has 3 unspecified atom stereocenters. The summed E-state index contributed by atoms with van der Waals surface area (Å²) in [7, 11) is 0. The van der Waals surface area contributed by atoms with Crippen molar-refractivity contribution in [3.8, 4) is 0 Å². The second kappa shape index (κ2) is 8.44. The fraction of sp³-hybridized carbons (Fsp3) is 1.00. The Kier molecular flexibility index (Phi) is 7.62. The summed E-state index contributed by atoms with van der Waals surface area (Å²) in [5, 5.41) is 0. The lowest BCUT2D eigenvalue weighted by Crippen LogP contribution is -2.33. The SMILES string of the molecule is CCCCC(CC(C)C)C1CCCCCC1C(C)(C)C. The standard InChI is InChI=1S/C20H40/c1-7-8-12-17(15-16(2)3)18-13-10-9-11-14-19(18)20(4,5)6/h16-19H,7-15H2,1-6H3. The van der Waals surface area contributed by atoms with Crippen LogP contribution in [-0.2, 0) is 0 Å². The van der Waals surface area contributed by atoms with Crippen molar-refractivity contribution in [2.45, 2.75) is 99.3 Å². The van der Waals surface area contributed by atoms with E-state index >= 15 is 0 Å². The first-order valence-corrected chi connectivity index (χ1v) is 9.36. The molecule has 3 atom stereocenters. The predicted molar refractivity (Wildman–Crippen MR) is 92.0 cm³/mol. The lowest BCUT2D eigenvalue weighted by molar-refractivity contribution is 0.0852. The topological polar surface area (TPSA) is 0 Å². The second-order valence-corrected chi connectivity index (χ2v) is 8.81. The molecule has 0 aromatic carbocycles. The number of hydrogen-bond donors (Lipinski definition) is 0. The van der Waals surface area contributed by atoms with Crippen LogP contribution in [0.4, 0.5) is 0 Å². The normalized spacial score (nSPS) is 26.6. The minimum absolute atomic E-state index is 0.496. The van der Waals surface area contributed by atoms with Crippen LogP contribution in [0.25, 0.3) is 0 Å². The Bertz CT molecular complexity index is 245. The van der Waals surface area contributed by atoms with E-state index in [1.165, 1.54) is 57.8 Å². The molecule has 0 nitrogen and oxygen atoms in total. The third kappa shape index (κ3) is 5.78. The molecule has 0 aromatic heterocycles. The molecule has 1 saturated carbocycles. The van der Waals surface area contributed by atoms with Gasteiger partial charge in [-0.1, -0.05) is 80.1 Å². The predicted octanol–water partition coefficient (Wildman–Crippen LogP) is 7.08. The van der Waals surface area contributed by atoms with Gasteiger partial charge >= 0.3 is 0 Å². The molecule has 1 aliphatic rings. The van der Waals surface area contributed by atoms with Crippen LogP contribution in [0.2, 0.25) is 0 Å². The van der Waals surface area contributed by atoms with Gasteiger partial charge in [0.05, 0.1) is 0 Å². The highest BCUT2D eigenvalue weighted by Crippen LogP contribution is 2.46. The minimum Gasteiger partial charge on any atom is -0.0654 e. The van der Waals surface area contributed by atoms with Gasteiger partial charge in [-0.3, -0.25) is 0 Å². The zero-order chi connectivity index (χ0) is 15.2. The molecule has 120 valence electrons. The van der Waals surface area contributed by atoms with Gasteiger partial charge < -0.3 is 0 Å². The summed E-state index contributed by atoms with van der Waals surface area (Å²) in [5.74, 6) is 3.79. The Labute approximate surface area is 129 Å². The van der Waals surface area contributed by atoms with Gasteiger partial charge in [-0.2, -0.15) is 0 Å². The summed E-state index contributed by atoms with van der Waals surface area (Å²) in [4.78, 5) is 0. The zero-order valence-corrected chi connectivity index (χ0v) is 15.2. The summed E-state index contributed by atoms with van der Waals surface area (Å²) >= 11 is 0. The Balaban J connectivity index is 2.85. The number of rotatable bonds is 6. The summed E-state index contributed by atoms with van der Waals surface area (Å²) in [6.07, 6.45) is 13.1. The average molecular weight is 281 g/mol. The van der Waals surface area contributed by atoms with Crippen LogP contribution in [0, 0.1) is 29.1 Å². The van der Waals surface area contributed by atoms with Gasteiger partial charge in [-0.15, -0.1) is 0 Å². The highest BCUT2D eigenvalue weighted by atomic mass is 14.4. The highest BCUT2D eigenvalue weighted by molar-refractivity contribution is 4.87. The van der Waals surface area contributed by atoms with E-state index in [2.05, 4.69) is 41.5 Å². The molecule has 1 rings (SSSR count). The first-order chi connectivity index (χ1) is 9.36. The highest BCUT2D eigenvalue weighted by Gasteiger charge is 2.36. The van der Waals surface area contributed by atoms with Gasteiger partial charge in [0.15, 0.2) is 0 Å². The van der Waals surface area contributed by atoms with E-state index < -0.39 is 0 Å². The molecule has 0 radical (unpaired) electrons. The molecular weight excluding hydrogens is 240 g/mol. The van der Waals surface area contributed by atoms with Crippen molar-refractivity contribution in [2.24, 2.45) is 29.1 Å². The van der Waals surface area contributed by atoms with Crippen LogP contribution in [0.5, 0.6) is 0 Å². The average Bonchev–Trinajstić information content (AvgIpc) is 2.58. The van der Waals surface area contributed by atoms with E-state index in [1.807, 2.05) is 0 Å². The monoisotopic (exact) mass is 280 g/mol. The Morgan fingerprint density at radius 2 is 1.65 bits per heavy atom. The van der Waals surface area contributed by atoms with E-state index in [1.54, 1.807) is 0 Å². The van der Waals surface area contributed by atoms with Crippen molar-refractivity contribution in [3.63, 3.8) is 0 Å². The maximum absolute atomic E-state index is 2.49. The molecule has 0 spiro atoms. The molecule has 0 heterocycles. The number of unbranched alkanes of at least 4 members (excludes halogenated alkanes) is 1. The van der Waals surface area contributed by atoms with Gasteiger partial charge in [0.25, 0.3) is 0 Å². The quantitative estimate of drug-likeness (QED) is 0.456. The molecule has 1 aliphatic carbocycles. The molecule has 0 amide bonds. The Morgan fingerprint density at radius 1 is 1.00 bits per heavy atom. The van der Waals surface area contributed by atoms with Gasteiger partial charge in [-0.05, 0) is 48.3 Å². The van der Waals surface area contributed by atoms with Crippen molar-refractivity contribution in [3.05, 3.63) is 0 Å². The molecule has 0 aromatic rings. The smallest absolute Gasteiger partial charge is 0.0334 e. The lowest BCUT2D eigenvalue weighted by atomic mass is 9.64. The van der Waals surface area contributed by atoms with Crippen LogP contribution >= 0.6 is 0 Å². The van der Waals surface area contributed by atoms with Crippen LogP contribution in [0.3, 0.4) is 0 Å². The summed E-state index contributed by atoms with van der Waals surface area (Å²) < 4.78 is 0. The van der Waals surface area contributed by atoms with Crippen LogP contribution in [-0.4, -0.2) is 0 Å². The largest absolute Gasteiger partial charge is 0.0654 e. The third-order valence-corrected chi connectivity index (χ3v) is 5.49. The van der Waals surface area contributed by atoms with Gasteiger partial charge in [0, 0.05) is 0 Å². The summed E-state index contributed by atoms with van der Waals surface area (Å²) in [6, 6.07) is 0. The summed E-state index contributed by atoms with van der Waals surface area (Å²) in [6.45, 7) is 14.6. The van der Waals surface area contributed by atoms with E-state index in [4.69, 9.17) is 0 Å². The van der Waals surface area contributed by atoms with E-state index in [0.29, 0.717) is 5.41 Å². The minimum atomic E-state index is 0.496. The molecule has 0 bridgehead atoms. The maximum atomic E-state index is 2.49. The lowest BCUT2D eigenvalue weighted by Gasteiger charge is -2.41. The molecule has 20 heavy (non-hydrogen) atoms.